The van der Waals surface area contributed by atoms with Gasteiger partial charge in [-0.15, -0.1) is 0 Å². The van der Waals surface area contributed by atoms with Crippen molar-refractivity contribution >= 4 is 0 Å². The molecule has 0 spiro atoms. The van der Waals surface area contributed by atoms with E-state index in [1.807, 2.05) is 4.68 Å². The SMILES string of the molecule is COCCNCc1c(C)nn(COCC2CC2)c1C. The first-order valence-electron chi connectivity index (χ1n) is 7.02. The number of aromatic nitrogens is 2. The number of rotatable bonds is 9. The topological polar surface area (TPSA) is 48.3 Å². The van der Waals surface area contributed by atoms with E-state index < -0.39 is 0 Å². The summed E-state index contributed by atoms with van der Waals surface area (Å²) in [6.07, 6.45) is 2.65. The third-order valence-corrected chi connectivity index (χ3v) is 3.58. The molecule has 2 rings (SSSR count). The molecule has 0 unspecified atom stereocenters. The Morgan fingerprint density at radius 1 is 1.37 bits per heavy atom. The van der Waals surface area contributed by atoms with Gasteiger partial charge in [-0.05, 0) is 32.6 Å². The molecular formula is C14H25N3O2. The van der Waals surface area contributed by atoms with E-state index in [1.165, 1.54) is 24.1 Å². The molecule has 1 saturated carbocycles. The Balaban J connectivity index is 1.82. The molecule has 108 valence electrons. The van der Waals surface area contributed by atoms with Crippen molar-refractivity contribution in [3.8, 4) is 0 Å². The first-order valence-corrected chi connectivity index (χ1v) is 7.02. The van der Waals surface area contributed by atoms with Gasteiger partial charge in [-0.1, -0.05) is 0 Å². The van der Waals surface area contributed by atoms with Gasteiger partial charge in [-0.25, -0.2) is 4.68 Å². The molecule has 1 aromatic heterocycles. The number of nitrogens with one attached hydrogen (secondary N) is 1. The molecule has 0 bridgehead atoms. The molecular weight excluding hydrogens is 242 g/mol. The Kier molecular flexibility index (Phi) is 5.36. The van der Waals surface area contributed by atoms with E-state index >= 15 is 0 Å². The Morgan fingerprint density at radius 3 is 2.84 bits per heavy atom. The van der Waals surface area contributed by atoms with Crippen LogP contribution in [0.4, 0.5) is 0 Å². The monoisotopic (exact) mass is 267 g/mol. The van der Waals surface area contributed by atoms with Crippen molar-refractivity contribution in [3.63, 3.8) is 0 Å². The standard InChI is InChI=1S/C14H25N3O2/c1-11-14(8-15-6-7-18-3)12(2)17(16-11)10-19-9-13-4-5-13/h13,15H,4-10H2,1-3H3. The Bertz CT molecular complexity index is 400. The van der Waals surface area contributed by atoms with Crippen LogP contribution in [0.2, 0.25) is 0 Å². The van der Waals surface area contributed by atoms with E-state index in [4.69, 9.17) is 9.47 Å². The summed E-state index contributed by atoms with van der Waals surface area (Å²) in [5, 5.41) is 7.91. The van der Waals surface area contributed by atoms with Gasteiger partial charge >= 0.3 is 0 Å². The molecule has 5 heteroatoms. The van der Waals surface area contributed by atoms with Gasteiger partial charge in [0.05, 0.1) is 18.9 Å². The van der Waals surface area contributed by atoms with Crippen LogP contribution in [0, 0.1) is 19.8 Å². The van der Waals surface area contributed by atoms with E-state index in [0.29, 0.717) is 6.73 Å². The molecule has 0 aliphatic heterocycles. The van der Waals surface area contributed by atoms with E-state index in [1.54, 1.807) is 7.11 Å². The van der Waals surface area contributed by atoms with Crippen LogP contribution >= 0.6 is 0 Å². The van der Waals surface area contributed by atoms with Crippen molar-refractivity contribution in [1.82, 2.24) is 15.1 Å². The molecule has 0 amide bonds. The number of hydrogen-bond donors (Lipinski definition) is 1. The molecule has 1 aromatic rings. The smallest absolute Gasteiger partial charge is 0.139 e. The van der Waals surface area contributed by atoms with Crippen molar-refractivity contribution in [2.45, 2.75) is 40.0 Å². The molecule has 0 aromatic carbocycles. The van der Waals surface area contributed by atoms with E-state index in [9.17, 15) is 0 Å². The van der Waals surface area contributed by atoms with Crippen molar-refractivity contribution in [1.29, 1.82) is 0 Å². The lowest BCUT2D eigenvalue weighted by Gasteiger charge is -2.07. The van der Waals surface area contributed by atoms with Gasteiger partial charge in [0, 0.05) is 31.5 Å². The summed E-state index contributed by atoms with van der Waals surface area (Å²) in [7, 11) is 1.72. The van der Waals surface area contributed by atoms with Crippen molar-refractivity contribution in [3.05, 3.63) is 17.0 Å². The molecule has 1 fully saturated rings. The van der Waals surface area contributed by atoms with Crippen LogP contribution in [0.3, 0.4) is 0 Å². The van der Waals surface area contributed by atoms with Crippen LogP contribution in [-0.4, -0.2) is 36.6 Å². The minimum Gasteiger partial charge on any atom is -0.383 e. The zero-order chi connectivity index (χ0) is 13.7. The molecule has 1 aliphatic carbocycles. The maximum Gasteiger partial charge on any atom is 0.139 e. The number of methoxy groups -OCH3 is 1. The third kappa shape index (κ3) is 4.30. The van der Waals surface area contributed by atoms with Crippen LogP contribution in [0.15, 0.2) is 0 Å². The van der Waals surface area contributed by atoms with Gasteiger partial charge in [0.1, 0.15) is 6.73 Å². The van der Waals surface area contributed by atoms with Gasteiger partial charge in [0.2, 0.25) is 0 Å². The van der Waals surface area contributed by atoms with Gasteiger partial charge in [0.25, 0.3) is 0 Å². The molecule has 19 heavy (non-hydrogen) atoms. The lowest BCUT2D eigenvalue weighted by molar-refractivity contribution is 0.0597. The molecule has 0 radical (unpaired) electrons. The Hall–Kier alpha value is -0.910. The summed E-state index contributed by atoms with van der Waals surface area (Å²) in [5.41, 5.74) is 3.54. The lowest BCUT2D eigenvalue weighted by Crippen LogP contribution is -2.19. The van der Waals surface area contributed by atoms with Crippen LogP contribution in [-0.2, 0) is 22.7 Å². The molecule has 1 heterocycles. The second-order valence-electron chi connectivity index (χ2n) is 5.26. The highest BCUT2D eigenvalue weighted by Gasteiger charge is 2.21. The van der Waals surface area contributed by atoms with E-state index in [-0.39, 0.29) is 0 Å². The van der Waals surface area contributed by atoms with Crippen molar-refractivity contribution < 1.29 is 9.47 Å². The summed E-state index contributed by atoms with van der Waals surface area (Å²) in [4.78, 5) is 0. The number of ether oxygens (including phenoxy) is 2. The molecule has 0 atom stereocenters. The molecule has 0 saturated heterocycles. The van der Waals surface area contributed by atoms with E-state index in [0.717, 1.165) is 37.9 Å². The molecule has 5 nitrogen and oxygen atoms in total. The average Bonchev–Trinajstić information content (AvgIpc) is 3.16. The maximum absolute atomic E-state index is 5.70. The fraction of sp³-hybridized carbons (Fsp3) is 0.786. The van der Waals surface area contributed by atoms with Crippen molar-refractivity contribution in [2.24, 2.45) is 5.92 Å². The number of hydrogen-bond acceptors (Lipinski definition) is 4. The van der Waals surface area contributed by atoms with Crippen LogP contribution in [0.5, 0.6) is 0 Å². The highest BCUT2D eigenvalue weighted by molar-refractivity contribution is 5.24. The zero-order valence-electron chi connectivity index (χ0n) is 12.2. The largest absolute Gasteiger partial charge is 0.383 e. The fourth-order valence-electron chi connectivity index (χ4n) is 2.09. The van der Waals surface area contributed by atoms with Gasteiger partial charge < -0.3 is 14.8 Å². The Labute approximate surface area is 115 Å². The van der Waals surface area contributed by atoms with Crippen LogP contribution in [0.1, 0.15) is 29.8 Å². The molecule has 1 N–H and O–H groups in total. The fourth-order valence-corrected chi connectivity index (χ4v) is 2.09. The van der Waals surface area contributed by atoms with Gasteiger partial charge in [0.15, 0.2) is 0 Å². The lowest BCUT2D eigenvalue weighted by atomic mass is 10.2. The second-order valence-corrected chi connectivity index (χ2v) is 5.26. The zero-order valence-corrected chi connectivity index (χ0v) is 12.2. The summed E-state index contributed by atoms with van der Waals surface area (Å²) >= 11 is 0. The van der Waals surface area contributed by atoms with Crippen LogP contribution < -0.4 is 5.32 Å². The van der Waals surface area contributed by atoms with Crippen LogP contribution in [0.25, 0.3) is 0 Å². The minimum atomic E-state index is 0.571. The number of aryl methyl sites for hydroxylation is 1. The molecule has 1 aliphatic rings. The first-order chi connectivity index (χ1) is 9.22. The predicted octanol–water partition coefficient (Wildman–Crippen LogP) is 1.62. The maximum atomic E-state index is 5.70. The Morgan fingerprint density at radius 2 is 2.16 bits per heavy atom. The summed E-state index contributed by atoms with van der Waals surface area (Å²) in [5.74, 6) is 0.798. The summed E-state index contributed by atoms with van der Waals surface area (Å²) < 4.78 is 12.7. The second kappa shape index (κ2) is 7.03. The van der Waals surface area contributed by atoms with Crippen molar-refractivity contribution in [2.75, 3.05) is 26.9 Å². The minimum absolute atomic E-state index is 0.571. The van der Waals surface area contributed by atoms with Gasteiger partial charge in [-0.3, -0.25) is 0 Å². The predicted molar refractivity (Wildman–Crippen MR) is 74.0 cm³/mol. The third-order valence-electron chi connectivity index (χ3n) is 3.58. The summed E-state index contributed by atoms with van der Waals surface area (Å²) in [6, 6.07) is 0. The number of nitrogens with zero attached hydrogens (tertiary/aromatic N) is 2. The average molecular weight is 267 g/mol. The highest BCUT2D eigenvalue weighted by atomic mass is 16.5. The summed E-state index contributed by atoms with van der Waals surface area (Å²) in [6.45, 7) is 8.03. The normalized spacial score (nSPS) is 15.1. The van der Waals surface area contributed by atoms with E-state index in [2.05, 4.69) is 24.3 Å². The highest BCUT2D eigenvalue weighted by Crippen LogP contribution is 2.28. The first kappa shape index (κ1) is 14.5. The quantitative estimate of drug-likeness (QED) is 0.691. The van der Waals surface area contributed by atoms with Gasteiger partial charge in [-0.2, -0.15) is 5.10 Å².